The number of aliphatic carboxylic acids is 1. The van der Waals surface area contributed by atoms with E-state index in [0.29, 0.717) is 31.2 Å². The third-order valence-electron chi connectivity index (χ3n) is 3.79. The van der Waals surface area contributed by atoms with E-state index in [-0.39, 0.29) is 5.91 Å². The summed E-state index contributed by atoms with van der Waals surface area (Å²) >= 11 is 0. The van der Waals surface area contributed by atoms with E-state index >= 15 is 0 Å². The Morgan fingerprint density at radius 2 is 1.76 bits per heavy atom. The first-order chi connectivity index (χ1) is 7.83. The minimum absolute atomic E-state index is 0.142. The van der Waals surface area contributed by atoms with E-state index in [1.54, 1.807) is 0 Å². The van der Waals surface area contributed by atoms with Crippen molar-refractivity contribution >= 4 is 11.9 Å². The van der Waals surface area contributed by atoms with Gasteiger partial charge in [-0.05, 0) is 38.0 Å². The van der Waals surface area contributed by atoms with Gasteiger partial charge in [0.25, 0.3) is 0 Å². The summed E-state index contributed by atoms with van der Waals surface area (Å²) in [6, 6.07) is 0. The molecule has 0 heterocycles. The number of hydrogen-bond donors (Lipinski definition) is 1. The van der Waals surface area contributed by atoms with Gasteiger partial charge in [0.15, 0.2) is 0 Å². The smallest absolute Gasteiger partial charge is 0.329 e. The molecule has 1 N–H and O–H groups in total. The topological polar surface area (TPSA) is 57.6 Å². The number of carboxylic acid groups (broad SMARTS) is 1. The second kappa shape index (κ2) is 5.07. The lowest BCUT2D eigenvalue weighted by Gasteiger charge is -2.46. The van der Waals surface area contributed by atoms with Crippen LogP contribution < -0.4 is 0 Å². The van der Waals surface area contributed by atoms with E-state index in [1.165, 1.54) is 11.8 Å². The lowest BCUT2D eigenvalue weighted by Crippen LogP contribution is -2.59. The lowest BCUT2D eigenvalue weighted by molar-refractivity contribution is -0.163. The summed E-state index contributed by atoms with van der Waals surface area (Å²) in [5, 5.41) is 9.58. The molecule has 0 radical (unpaired) electrons. The number of carboxylic acids is 1. The van der Waals surface area contributed by atoms with Crippen LogP contribution in [0.5, 0.6) is 0 Å². The number of carbonyl (C=O) groups excluding carboxylic acids is 1. The molecule has 0 aromatic rings. The lowest BCUT2D eigenvalue weighted by atomic mass is 9.70. The highest BCUT2D eigenvalue weighted by molar-refractivity contribution is 5.86. The van der Waals surface area contributed by atoms with Crippen molar-refractivity contribution in [2.24, 2.45) is 11.8 Å². The summed E-state index contributed by atoms with van der Waals surface area (Å²) in [5.41, 5.74) is -0.988. The van der Waals surface area contributed by atoms with Crippen LogP contribution in [0.3, 0.4) is 0 Å². The quantitative estimate of drug-likeness (QED) is 0.823. The molecule has 0 spiro atoms. The monoisotopic (exact) mass is 241 g/mol. The first-order valence-corrected chi connectivity index (χ1v) is 6.35. The molecule has 2 unspecified atom stereocenters. The van der Waals surface area contributed by atoms with E-state index in [0.717, 1.165) is 6.42 Å². The van der Waals surface area contributed by atoms with Crippen LogP contribution in [0.15, 0.2) is 0 Å². The molecule has 0 aromatic carbocycles. The summed E-state index contributed by atoms with van der Waals surface area (Å²) in [7, 11) is 0. The van der Waals surface area contributed by atoms with Gasteiger partial charge in [0, 0.05) is 13.5 Å². The zero-order valence-corrected chi connectivity index (χ0v) is 11.2. The average Bonchev–Trinajstić information content (AvgIpc) is 2.15. The van der Waals surface area contributed by atoms with Crippen molar-refractivity contribution in [2.75, 3.05) is 6.54 Å². The Hall–Kier alpha value is -1.06. The number of rotatable bonds is 3. The molecule has 1 fully saturated rings. The van der Waals surface area contributed by atoms with Crippen LogP contribution in [0.1, 0.15) is 47.0 Å². The van der Waals surface area contributed by atoms with Crippen LogP contribution in [0, 0.1) is 11.8 Å². The molecule has 0 aromatic heterocycles. The van der Waals surface area contributed by atoms with Crippen LogP contribution in [-0.4, -0.2) is 34.0 Å². The Morgan fingerprint density at radius 1 is 1.29 bits per heavy atom. The minimum atomic E-state index is -0.988. The van der Waals surface area contributed by atoms with E-state index in [9.17, 15) is 14.7 Å². The van der Waals surface area contributed by atoms with Crippen molar-refractivity contribution < 1.29 is 14.7 Å². The third-order valence-corrected chi connectivity index (χ3v) is 3.79. The number of likely N-dealkylation sites (N-methyl/N-ethyl adjacent to an activating group) is 1. The molecule has 4 heteroatoms. The molecule has 1 rings (SSSR count). The van der Waals surface area contributed by atoms with E-state index in [2.05, 4.69) is 13.8 Å². The highest BCUT2D eigenvalue weighted by Gasteiger charge is 2.49. The molecule has 0 saturated heterocycles. The second-order valence-electron chi connectivity index (χ2n) is 5.45. The molecule has 2 atom stereocenters. The maximum Gasteiger partial charge on any atom is 0.329 e. The maximum atomic E-state index is 11.7. The largest absolute Gasteiger partial charge is 0.479 e. The summed E-state index contributed by atoms with van der Waals surface area (Å²) in [6.45, 7) is 7.90. The van der Waals surface area contributed by atoms with Gasteiger partial charge in [-0.3, -0.25) is 4.79 Å². The molecule has 0 bridgehead atoms. The summed E-state index contributed by atoms with van der Waals surface area (Å²) in [5.74, 6) is -0.296. The summed E-state index contributed by atoms with van der Waals surface area (Å²) < 4.78 is 0. The van der Waals surface area contributed by atoms with Crippen molar-refractivity contribution in [1.82, 2.24) is 4.90 Å². The van der Waals surface area contributed by atoms with Gasteiger partial charge < -0.3 is 10.0 Å². The number of nitrogens with zero attached hydrogens (tertiary/aromatic N) is 1. The number of carbonyl (C=O) groups is 2. The van der Waals surface area contributed by atoms with Crippen LogP contribution >= 0.6 is 0 Å². The fraction of sp³-hybridized carbons (Fsp3) is 0.846. The van der Waals surface area contributed by atoms with Crippen molar-refractivity contribution in [3.05, 3.63) is 0 Å². The number of amides is 1. The van der Waals surface area contributed by atoms with Crippen LogP contribution in [0.4, 0.5) is 0 Å². The van der Waals surface area contributed by atoms with Gasteiger partial charge in [-0.2, -0.15) is 0 Å². The van der Waals surface area contributed by atoms with Crippen molar-refractivity contribution in [2.45, 2.75) is 52.5 Å². The Kier molecular flexibility index (Phi) is 4.17. The van der Waals surface area contributed by atoms with Gasteiger partial charge in [0.1, 0.15) is 5.54 Å². The zero-order valence-electron chi connectivity index (χ0n) is 11.2. The Labute approximate surface area is 103 Å². The van der Waals surface area contributed by atoms with Crippen LogP contribution in [0.25, 0.3) is 0 Å². The normalized spacial score (nSPS) is 33.2. The standard InChI is InChI=1S/C13H23NO3/c1-5-14(11(4)15)13(12(16)17)7-9(2)6-10(3)8-13/h9-10H,5-8H2,1-4H3,(H,16,17). The SMILES string of the molecule is CCN(C(C)=O)C1(C(=O)O)CC(C)CC(C)C1. The Morgan fingerprint density at radius 3 is 2.06 bits per heavy atom. The van der Waals surface area contributed by atoms with E-state index < -0.39 is 11.5 Å². The van der Waals surface area contributed by atoms with Gasteiger partial charge >= 0.3 is 5.97 Å². The van der Waals surface area contributed by atoms with Gasteiger partial charge in [-0.25, -0.2) is 4.79 Å². The molecule has 1 aliphatic rings. The summed E-state index contributed by atoms with van der Waals surface area (Å²) in [6.07, 6.45) is 2.19. The van der Waals surface area contributed by atoms with Gasteiger partial charge in [0.05, 0.1) is 0 Å². The predicted molar refractivity (Wildman–Crippen MR) is 65.6 cm³/mol. The van der Waals surface area contributed by atoms with E-state index in [1.807, 2.05) is 6.92 Å². The molecule has 4 nitrogen and oxygen atoms in total. The third kappa shape index (κ3) is 2.61. The van der Waals surface area contributed by atoms with Crippen LogP contribution in [0.2, 0.25) is 0 Å². The molecule has 1 saturated carbocycles. The van der Waals surface area contributed by atoms with E-state index in [4.69, 9.17) is 0 Å². The first-order valence-electron chi connectivity index (χ1n) is 6.35. The molecule has 1 amide bonds. The van der Waals surface area contributed by atoms with Crippen LogP contribution in [-0.2, 0) is 9.59 Å². The van der Waals surface area contributed by atoms with Crippen molar-refractivity contribution in [3.8, 4) is 0 Å². The molecular formula is C13H23NO3. The maximum absolute atomic E-state index is 11.7. The summed E-state index contributed by atoms with van der Waals surface area (Å²) in [4.78, 5) is 24.9. The van der Waals surface area contributed by atoms with Crippen molar-refractivity contribution in [3.63, 3.8) is 0 Å². The molecule has 17 heavy (non-hydrogen) atoms. The van der Waals surface area contributed by atoms with Crippen molar-refractivity contribution in [1.29, 1.82) is 0 Å². The minimum Gasteiger partial charge on any atom is -0.479 e. The molecular weight excluding hydrogens is 218 g/mol. The second-order valence-corrected chi connectivity index (χ2v) is 5.45. The average molecular weight is 241 g/mol. The van der Waals surface area contributed by atoms with Gasteiger partial charge in [-0.1, -0.05) is 13.8 Å². The predicted octanol–water partition coefficient (Wildman–Crippen LogP) is 2.13. The highest BCUT2D eigenvalue weighted by atomic mass is 16.4. The molecule has 1 aliphatic carbocycles. The first kappa shape index (κ1) is 14.0. The molecule has 98 valence electrons. The Balaban J connectivity index is 3.11. The zero-order chi connectivity index (χ0) is 13.2. The van der Waals surface area contributed by atoms with Gasteiger partial charge in [-0.15, -0.1) is 0 Å². The fourth-order valence-electron chi connectivity index (χ4n) is 3.43. The molecule has 0 aliphatic heterocycles. The highest BCUT2D eigenvalue weighted by Crippen LogP contribution is 2.40. The fourth-order valence-corrected chi connectivity index (χ4v) is 3.43. The van der Waals surface area contributed by atoms with Gasteiger partial charge in [0.2, 0.25) is 5.91 Å². The number of hydrogen-bond acceptors (Lipinski definition) is 2. The Bertz CT molecular complexity index is 304.